The standard InChI is InChI=1S/C26H26N6O2.ClH/c1-30-25(33)13-24(32(26(30)34)17-22-10-5-3-8-20(22)15-28)31-12-6-11-23(18-31)29-16-21-9-4-2-7-19(21)14-27;/h2-5,7-10,13,23,29H,6,11-12,16-18H2,1H3;1H/t23-;/m1./s1. The molecular formula is C26H27ClN6O2. The normalized spacial score (nSPS) is 15.1. The van der Waals surface area contributed by atoms with Crippen molar-refractivity contribution >= 4 is 18.2 Å². The summed E-state index contributed by atoms with van der Waals surface area (Å²) in [5.41, 5.74) is 2.06. The van der Waals surface area contributed by atoms with Gasteiger partial charge in [0.05, 0.1) is 29.8 Å². The first kappa shape index (κ1) is 25.8. The van der Waals surface area contributed by atoms with E-state index in [0.717, 1.165) is 35.1 Å². The number of nitriles is 2. The van der Waals surface area contributed by atoms with Crippen molar-refractivity contribution in [1.82, 2.24) is 14.5 Å². The quantitative estimate of drug-likeness (QED) is 0.569. The molecule has 0 aliphatic carbocycles. The molecule has 3 aromatic rings. The fourth-order valence-corrected chi connectivity index (χ4v) is 4.40. The molecule has 2 heterocycles. The Hall–Kier alpha value is -3.85. The van der Waals surface area contributed by atoms with Crippen LogP contribution in [-0.2, 0) is 20.1 Å². The maximum atomic E-state index is 13.1. The number of rotatable bonds is 6. The minimum Gasteiger partial charge on any atom is -0.356 e. The van der Waals surface area contributed by atoms with Crippen LogP contribution in [0.5, 0.6) is 0 Å². The molecular weight excluding hydrogens is 464 g/mol. The van der Waals surface area contributed by atoms with E-state index in [-0.39, 0.29) is 30.6 Å². The number of piperidine rings is 1. The summed E-state index contributed by atoms with van der Waals surface area (Å²) in [5, 5.41) is 22.3. The fourth-order valence-electron chi connectivity index (χ4n) is 4.40. The first-order chi connectivity index (χ1) is 16.5. The Bertz CT molecular complexity index is 1400. The minimum atomic E-state index is -0.409. The van der Waals surface area contributed by atoms with E-state index in [2.05, 4.69) is 22.4 Å². The predicted octanol–water partition coefficient (Wildman–Crippen LogP) is 2.52. The molecule has 35 heavy (non-hydrogen) atoms. The molecule has 180 valence electrons. The van der Waals surface area contributed by atoms with Gasteiger partial charge in [-0.3, -0.25) is 13.9 Å². The topological polar surface area (TPSA) is 107 Å². The zero-order valence-electron chi connectivity index (χ0n) is 19.5. The summed E-state index contributed by atoms with van der Waals surface area (Å²) in [7, 11) is 1.47. The Morgan fingerprint density at radius 3 is 2.31 bits per heavy atom. The van der Waals surface area contributed by atoms with Gasteiger partial charge in [0.1, 0.15) is 5.82 Å². The zero-order chi connectivity index (χ0) is 24.1. The third-order valence-corrected chi connectivity index (χ3v) is 6.31. The second-order valence-corrected chi connectivity index (χ2v) is 8.47. The highest BCUT2D eigenvalue weighted by molar-refractivity contribution is 5.85. The van der Waals surface area contributed by atoms with Gasteiger partial charge in [-0.25, -0.2) is 4.79 Å². The second kappa shape index (κ2) is 11.5. The van der Waals surface area contributed by atoms with Gasteiger partial charge in [0.25, 0.3) is 5.56 Å². The number of nitrogens with one attached hydrogen (secondary N) is 1. The molecule has 8 nitrogen and oxygen atoms in total. The lowest BCUT2D eigenvalue weighted by Crippen LogP contribution is -2.49. The first-order valence-corrected chi connectivity index (χ1v) is 11.3. The highest BCUT2D eigenvalue weighted by Gasteiger charge is 2.24. The third-order valence-electron chi connectivity index (χ3n) is 6.31. The van der Waals surface area contributed by atoms with E-state index in [4.69, 9.17) is 0 Å². The monoisotopic (exact) mass is 490 g/mol. The Morgan fingerprint density at radius 2 is 1.63 bits per heavy atom. The summed E-state index contributed by atoms with van der Waals surface area (Å²) in [6.07, 6.45) is 1.85. The number of halogens is 1. The van der Waals surface area contributed by atoms with Crippen LogP contribution in [0, 0.1) is 22.7 Å². The Balaban J connectivity index is 0.00000342. The molecule has 0 radical (unpaired) electrons. The SMILES string of the molecule is Cl.Cn1c(=O)cc(N2CCC[C@@H](NCc3ccccc3C#N)C2)n(Cc2ccccc2C#N)c1=O. The van der Waals surface area contributed by atoms with Gasteiger partial charge in [0.15, 0.2) is 0 Å². The molecule has 1 aromatic heterocycles. The van der Waals surface area contributed by atoms with Crippen LogP contribution in [0.1, 0.15) is 35.1 Å². The maximum Gasteiger partial charge on any atom is 0.332 e. The first-order valence-electron chi connectivity index (χ1n) is 11.3. The molecule has 0 bridgehead atoms. The predicted molar refractivity (Wildman–Crippen MR) is 137 cm³/mol. The number of nitrogens with zero attached hydrogens (tertiary/aromatic N) is 5. The van der Waals surface area contributed by atoms with Crippen LogP contribution in [0.3, 0.4) is 0 Å². The van der Waals surface area contributed by atoms with Crippen LogP contribution < -0.4 is 21.5 Å². The highest BCUT2D eigenvalue weighted by Crippen LogP contribution is 2.20. The lowest BCUT2D eigenvalue weighted by molar-refractivity contribution is 0.415. The summed E-state index contributed by atoms with van der Waals surface area (Å²) < 4.78 is 2.67. The van der Waals surface area contributed by atoms with E-state index in [1.165, 1.54) is 13.1 Å². The number of benzene rings is 2. The van der Waals surface area contributed by atoms with Crippen molar-refractivity contribution in [2.24, 2.45) is 7.05 Å². The maximum absolute atomic E-state index is 13.1. The Labute approximate surface area is 210 Å². The van der Waals surface area contributed by atoms with Crippen LogP contribution in [-0.4, -0.2) is 28.3 Å². The Morgan fingerprint density at radius 1 is 1.00 bits per heavy atom. The van der Waals surface area contributed by atoms with Gasteiger partial charge in [-0.1, -0.05) is 36.4 Å². The van der Waals surface area contributed by atoms with Crippen LogP contribution in [0.25, 0.3) is 0 Å². The van der Waals surface area contributed by atoms with Gasteiger partial charge < -0.3 is 10.2 Å². The van der Waals surface area contributed by atoms with Crippen molar-refractivity contribution in [2.45, 2.75) is 32.0 Å². The van der Waals surface area contributed by atoms with Crippen LogP contribution in [0.15, 0.2) is 64.2 Å². The van der Waals surface area contributed by atoms with E-state index in [9.17, 15) is 20.1 Å². The third kappa shape index (κ3) is 5.63. The lowest BCUT2D eigenvalue weighted by atomic mass is 10.0. The van der Waals surface area contributed by atoms with Gasteiger partial charge in [-0.2, -0.15) is 10.5 Å². The van der Waals surface area contributed by atoms with E-state index in [1.54, 1.807) is 16.7 Å². The van der Waals surface area contributed by atoms with Crippen LogP contribution >= 0.6 is 12.4 Å². The molecule has 1 saturated heterocycles. The largest absolute Gasteiger partial charge is 0.356 e. The van der Waals surface area contributed by atoms with Crippen molar-refractivity contribution in [3.63, 3.8) is 0 Å². The zero-order valence-corrected chi connectivity index (χ0v) is 20.3. The van der Waals surface area contributed by atoms with E-state index in [0.29, 0.717) is 30.0 Å². The number of anilines is 1. The summed E-state index contributed by atoms with van der Waals surface area (Å²) in [6, 6.07) is 20.7. The van der Waals surface area contributed by atoms with Gasteiger partial charge in [0.2, 0.25) is 0 Å². The van der Waals surface area contributed by atoms with Crippen molar-refractivity contribution in [2.75, 3.05) is 18.0 Å². The van der Waals surface area contributed by atoms with E-state index >= 15 is 0 Å². The summed E-state index contributed by atoms with van der Waals surface area (Å²) in [4.78, 5) is 27.7. The van der Waals surface area contributed by atoms with Gasteiger partial charge >= 0.3 is 5.69 Å². The molecule has 1 fully saturated rings. The molecule has 1 aliphatic heterocycles. The molecule has 0 unspecified atom stereocenters. The van der Waals surface area contributed by atoms with Gasteiger partial charge in [-0.05, 0) is 36.1 Å². The van der Waals surface area contributed by atoms with E-state index < -0.39 is 5.69 Å². The smallest absolute Gasteiger partial charge is 0.332 e. The van der Waals surface area contributed by atoms with Crippen LogP contribution in [0.2, 0.25) is 0 Å². The molecule has 9 heteroatoms. The average Bonchev–Trinajstić information content (AvgIpc) is 2.88. The molecule has 1 atom stereocenters. The van der Waals surface area contributed by atoms with Crippen molar-refractivity contribution in [1.29, 1.82) is 10.5 Å². The number of hydrogen-bond donors (Lipinski definition) is 1. The number of hydrogen-bond acceptors (Lipinski definition) is 6. The summed E-state index contributed by atoms with van der Waals surface area (Å²) in [6.45, 7) is 2.12. The summed E-state index contributed by atoms with van der Waals surface area (Å²) in [5.74, 6) is 0.560. The average molecular weight is 491 g/mol. The van der Waals surface area contributed by atoms with Crippen molar-refractivity contribution in [3.8, 4) is 12.1 Å². The molecule has 0 saturated carbocycles. The van der Waals surface area contributed by atoms with Crippen LogP contribution in [0.4, 0.5) is 5.82 Å². The fraction of sp³-hybridized carbons (Fsp3) is 0.308. The second-order valence-electron chi connectivity index (χ2n) is 8.47. The molecule has 0 amide bonds. The molecule has 2 aromatic carbocycles. The van der Waals surface area contributed by atoms with Crippen molar-refractivity contribution < 1.29 is 0 Å². The summed E-state index contributed by atoms with van der Waals surface area (Å²) >= 11 is 0. The van der Waals surface area contributed by atoms with Gasteiger partial charge in [0, 0.05) is 38.8 Å². The minimum absolute atomic E-state index is 0. The molecule has 0 spiro atoms. The molecule has 1 aliphatic rings. The highest BCUT2D eigenvalue weighted by atomic mass is 35.5. The Kier molecular flexibility index (Phi) is 8.48. The van der Waals surface area contributed by atoms with Crippen molar-refractivity contribution in [3.05, 3.63) is 97.7 Å². The van der Waals surface area contributed by atoms with E-state index in [1.807, 2.05) is 36.4 Å². The lowest BCUT2D eigenvalue weighted by Gasteiger charge is -2.36. The number of aromatic nitrogens is 2. The van der Waals surface area contributed by atoms with Gasteiger partial charge in [-0.15, -0.1) is 12.4 Å². The molecule has 1 N–H and O–H groups in total. The molecule has 4 rings (SSSR count).